The number of rotatable bonds is 7. The second kappa shape index (κ2) is 5.88. The summed E-state index contributed by atoms with van der Waals surface area (Å²) in [5.41, 5.74) is 0.381. The maximum Gasteiger partial charge on any atom is 0.322 e. The summed E-state index contributed by atoms with van der Waals surface area (Å²) in [6, 6.07) is 2.31. The van der Waals surface area contributed by atoms with E-state index in [1.165, 1.54) is 18.2 Å². The zero-order chi connectivity index (χ0) is 15.6. The summed E-state index contributed by atoms with van der Waals surface area (Å²) >= 11 is 0. The van der Waals surface area contributed by atoms with Crippen LogP contribution >= 0.6 is 0 Å². The zero-order valence-electron chi connectivity index (χ0n) is 11.0. The molecule has 1 aromatic rings. The topological polar surface area (TPSA) is 136 Å². The standard InChI is InChI=1S/C12H16N2O6S/c15-10-4-1-7(6-11(10)16)5-9(12(17)18)14-21(19,20)13-8-2-3-8/h1,4,6,8-9,13-16H,2-3,5H2,(H,17,18). The van der Waals surface area contributed by atoms with E-state index in [0.717, 1.165) is 12.8 Å². The van der Waals surface area contributed by atoms with Crippen molar-refractivity contribution >= 4 is 16.2 Å². The minimum absolute atomic E-state index is 0.130. The van der Waals surface area contributed by atoms with Gasteiger partial charge in [0.2, 0.25) is 0 Å². The Morgan fingerprint density at radius 2 is 1.95 bits per heavy atom. The van der Waals surface area contributed by atoms with Crippen LogP contribution in [-0.4, -0.2) is 41.8 Å². The van der Waals surface area contributed by atoms with Crippen molar-refractivity contribution in [2.45, 2.75) is 31.3 Å². The summed E-state index contributed by atoms with van der Waals surface area (Å²) in [5.74, 6) is -2.05. The van der Waals surface area contributed by atoms with E-state index in [0.29, 0.717) is 5.56 Å². The number of hydrogen-bond acceptors (Lipinski definition) is 5. The van der Waals surface area contributed by atoms with E-state index in [1.807, 2.05) is 0 Å². The SMILES string of the molecule is O=C(O)C(Cc1ccc(O)c(O)c1)NS(=O)(=O)NC1CC1. The van der Waals surface area contributed by atoms with E-state index < -0.39 is 28.0 Å². The van der Waals surface area contributed by atoms with Crippen LogP contribution in [0.15, 0.2) is 18.2 Å². The number of carboxylic acid groups (broad SMARTS) is 1. The lowest BCUT2D eigenvalue weighted by Crippen LogP contribution is -2.48. The molecule has 0 bridgehead atoms. The quantitative estimate of drug-likeness (QED) is 0.437. The van der Waals surface area contributed by atoms with Gasteiger partial charge in [0.1, 0.15) is 6.04 Å². The van der Waals surface area contributed by atoms with Crippen LogP contribution in [0.1, 0.15) is 18.4 Å². The first kappa shape index (κ1) is 15.5. The third-order valence-corrected chi connectivity index (χ3v) is 4.21. The van der Waals surface area contributed by atoms with Crippen molar-refractivity contribution in [1.29, 1.82) is 0 Å². The summed E-state index contributed by atoms with van der Waals surface area (Å²) in [5, 5.41) is 27.7. The first-order valence-electron chi connectivity index (χ1n) is 6.30. The molecule has 1 aromatic carbocycles. The van der Waals surface area contributed by atoms with Crippen LogP contribution in [0.5, 0.6) is 11.5 Å². The Labute approximate surface area is 121 Å². The van der Waals surface area contributed by atoms with E-state index >= 15 is 0 Å². The lowest BCUT2D eigenvalue weighted by molar-refractivity contribution is -0.138. The van der Waals surface area contributed by atoms with E-state index in [9.17, 15) is 23.4 Å². The van der Waals surface area contributed by atoms with Gasteiger partial charge in [-0.2, -0.15) is 17.9 Å². The molecule has 0 amide bonds. The van der Waals surface area contributed by atoms with Gasteiger partial charge in [-0.05, 0) is 37.0 Å². The maximum atomic E-state index is 11.7. The predicted octanol–water partition coefficient (Wildman–Crippen LogP) is -0.320. The molecule has 1 atom stereocenters. The molecule has 0 radical (unpaired) electrons. The molecule has 5 N–H and O–H groups in total. The first-order chi connectivity index (χ1) is 9.77. The largest absolute Gasteiger partial charge is 0.504 e. The summed E-state index contributed by atoms with van der Waals surface area (Å²) < 4.78 is 27.9. The Kier molecular flexibility index (Phi) is 4.35. The fourth-order valence-electron chi connectivity index (χ4n) is 1.75. The van der Waals surface area contributed by atoms with Crippen LogP contribution in [0.25, 0.3) is 0 Å². The smallest absolute Gasteiger partial charge is 0.322 e. The number of phenolic OH excluding ortho intramolecular Hbond substituents is 2. The van der Waals surface area contributed by atoms with E-state index in [1.54, 1.807) is 0 Å². The molecule has 0 saturated heterocycles. The highest BCUT2D eigenvalue weighted by molar-refractivity contribution is 7.87. The molecule has 1 aliphatic rings. The van der Waals surface area contributed by atoms with Crippen LogP contribution in [0.4, 0.5) is 0 Å². The van der Waals surface area contributed by atoms with Gasteiger partial charge < -0.3 is 15.3 Å². The van der Waals surface area contributed by atoms with Gasteiger partial charge in [0.15, 0.2) is 11.5 Å². The second-order valence-electron chi connectivity index (χ2n) is 4.93. The number of phenols is 2. The molecule has 8 nitrogen and oxygen atoms in total. The number of carbonyl (C=O) groups is 1. The summed E-state index contributed by atoms with van der Waals surface area (Å²) in [4.78, 5) is 11.2. The molecule has 2 rings (SSSR count). The van der Waals surface area contributed by atoms with Crippen LogP contribution in [0.2, 0.25) is 0 Å². The molecule has 1 fully saturated rings. The van der Waals surface area contributed by atoms with Crippen LogP contribution in [0, 0.1) is 0 Å². The van der Waals surface area contributed by atoms with Crippen molar-refractivity contribution < 1.29 is 28.5 Å². The second-order valence-corrected chi connectivity index (χ2v) is 6.41. The highest BCUT2D eigenvalue weighted by Gasteiger charge is 2.30. The molecular weight excluding hydrogens is 300 g/mol. The van der Waals surface area contributed by atoms with E-state index in [2.05, 4.69) is 9.44 Å². The van der Waals surface area contributed by atoms with Gasteiger partial charge >= 0.3 is 5.97 Å². The highest BCUT2D eigenvalue weighted by Crippen LogP contribution is 2.25. The third kappa shape index (κ3) is 4.59. The molecular formula is C12H16N2O6S. The number of nitrogens with one attached hydrogen (secondary N) is 2. The normalized spacial score (nSPS) is 16.6. The Balaban J connectivity index is 2.07. The van der Waals surface area contributed by atoms with E-state index in [4.69, 9.17) is 5.11 Å². The molecule has 0 heterocycles. The molecule has 116 valence electrons. The summed E-state index contributed by atoms with van der Waals surface area (Å²) in [6.07, 6.45) is 1.32. The number of benzene rings is 1. The van der Waals surface area contributed by atoms with Gasteiger partial charge in [0.25, 0.3) is 10.2 Å². The lowest BCUT2D eigenvalue weighted by Gasteiger charge is -2.15. The van der Waals surface area contributed by atoms with Crippen molar-refractivity contribution in [3.05, 3.63) is 23.8 Å². The van der Waals surface area contributed by atoms with Gasteiger partial charge in [-0.15, -0.1) is 0 Å². The molecule has 9 heteroatoms. The lowest BCUT2D eigenvalue weighted by atomic mass is 10.1. The number of aliphatic carboxylic acids is 1. The average Bonchev–Trinajstić information content (AvgIpc) is 3.15. The number of aromatic hydroxyl groups is 2. The molecule has 1 unspecified atom stereocenters. The van der Waals surface area contributed by atoms with E-state index in [-0.39, 0.29) is 18.2 Å². The Morgan fingerprint density at radius 3 is 2.48 bits per heavy atom. The molecule has 1 saturated carbocycles. The Morgan fingerprint density at radius 1 is 1.29 bits per heavy atom. The van der Waals surface area contributed by atoms with Crippen LogP contribution in [-0.2, 0) is 21.4 Å². The van der Waals surface area contributed by atoms with Crippen molar-refractivity contribution in [1.82, 2.24) is 9.44 Å². The fraction of sp³-hybridized carbons (Fsp3) is 0.417. The highest BCUT2D eigenvalue weighted by atomic mass is 32.2. The summed E-state index contributed by atoms with van der Waals surface area (Å²) in [7, 11) is -3.89. The predicted molar refractivity (Wildman–Crippen MR) is 73.1 cm³/mol. The number of carboxylic acids is 1. The Hall–Kier alpha value is -1.84. The van der Waals surface area contributed by atoms with Gasteiger partial charge in [-0.3, -0.25) is 4.79 Å². The average molecular weight is 316 g/mol. The summed E-state index contributed by atoms with van der Waals surface area (Å²) in [6.45, 7) is 0. The van der Waals surface area contributed by atoms with Crippen LogP contribution in [0.3, 0.4) is 0 Å². The minimum atomic E-state index is -3.89. The molecule has 21 heavy (non-hydrogen) atoms. The van der Waals surface area contributed by atoms with Gasteiger partial charge in [-0.25, -0.2) is 0 Å². The van der Waals surface area contributed by atoms with Gasteiger partial charge in [0, 0.05) is 6.04 Å². The molecule has 0 aromatic heterocycles. The molecule has 0 aliphatic heterocycles. The molecule has 1 aliphatic carbocycles. The minimum Gasteiger partial charge on any atom is -0.504 e. The number of hydrogen-bond donors (Lipinski definition) is 5. The first-order valence-corrected chi connectivity index (χ1v) is 7.78. The van der Waals surface area contributed by atoms with Crippen molar-refractivity contribution in [3.8, 4) is 11.5 Å². The van der Waals surface area contributed by atoms with Crippen molar-refractivity contribution in [3.63, 3.8) is 0 Å². The van der Waals surface area contributed by atoms with Crippen LogP contribution < -0.4 is 9.44 Å². The fourth-order valence-corrected chi connectivity index (χ4v) is 3.05. The van der Waals surface area contributed by atoms with Gasteiger partial charge in [0.05, 0.1) is 0 Å². The Bertz CT molecular complexity index is 641. The third-order valence-electron chi connectivity index (χ3n) is 2.97. The maximum absolute atomic E-state index is 11.7. The monoisotopic (exact) mass is 316 g/mol. The van der Waals surface area contributed by atoms with Crippen molar-refractivity contribution in [2.24, 2.45) is 0 Å². The van der Waals surface area contributed by atoms with Gasteiger partial charge in [-0.1, -0.05) is 6.07 Å². The molecule has 0 spiro atoms. The zero-order valence-corrected chi connectivity index (χ0v) is 11.8. The van der Waals surface area contributed by atoms with Crippen molar-refractivity contribution in [2.75, 3.05) is 0 Å².